The van der Waals surface area contributed by atoms with Crippen LogP contribution in [0.4, 0.5) is 4.39 Å². The zero-order chi connectivity index (χ0) is 21.6. The number of guanidine groups is 1. The number of rotatable bonds is 6. The van der Waals surface area contributed by atoms with Gasteiger partial charge in [-0.1, -0.05) is 32.9 Å². The molecule has 2 N–H and O–H groups in total. The average Bonchev–Trinajstić information content (AvgIpc) is 3.19. The lowest BCUT2D eigenvalue weighted by Crippen LogP contribution is -2.36. The molecule has 2 heterocycles. The number of oxazole rings is 1. The van der Waals surface area contributed by atoms with E-state index in [1.165, 1.54) is 12.1 Å². The molecular weight excluding hydrogens is 512 g/mol. The number of aliphatic imine (C=N–C) groups is 1. The Morgan fingerprint density at radius 2 is 1.87 bits per heavy atom. The predicted molar refractivity (Wildman–Crippen MR) is 128 cm³/mol. The van der Waals surface area contributed by atoms with E-state index in [1.54, 1.807) is 37.6 Å². The Balaban J connectivity index is 0.00000341. The van der Waals surface area contributed by atoms with E-state index in [4.69, 9.17) is 9.15 Å². The van der Waals surface area contributed by atoms with Crippen molar-refractivity contribution in [2.75, 3.05) is 7.05 Å². The van der Waals surface area contributed by atoms with Gasteiger partial charge in [-0.25, -0.2) is 14.4 Å². The van der Waals surface area contributed by atoms with Gasteiger partial charge in [0.05, 0.1) is 12.7 Å². The SMILES string of the molecule is CN=C(NCc1ccc(Oc2cccc(F)c2)nc1)NCc1ncc(C(C)(C)C)o1.I. The van der Waals surface area contributed by atoms with Crippen LogP contribution >= 0.6 is 24.0 Å². The molecule has 0 saturated carbocycles. The fraction of sp³-hybridized carbons (Fsp3) is 0.318. The van der Waals surface area contributed by atoms with E-state index < -0.39 is 0 Å². The van der Waals surface area contributed by atoms with Gasteiger partial charge in [-0.3, -0.25) is 4.99 Å². The number of ether oxygens (including phenoxy) is 1. The van der Waals surface area contributed by atoms with Crippen molar-refractivity contribution in [3.8, 4) is 11.6 Å². The summed E-state index contributed by atoms with van der Waals surface area (Å²) in [7, 11) is 1.69. The van der Waals surface area contributed by atoms with E-state index in [0.717, 1.165) is 11.3 Å². The second-order valence-electron chi connectivity index (χ2n) is 7.71. The van der Waals surface area contributed by atoms with Crippen molar-refractivity contribution in [1.82, 2.24) is 20.6 Å². The topological polar surface area (TPSA) is 84.6 Å². The van der Waals surface area contributed by atoms with Gasteiger partial charge in [0.1, 0.15) is 17.3 Å². The second-order valence-corrected chi connectivity index (χ2v) is 7.71. The number of nitrogens with zero attached hydrogens (tertiary/aromatic N) is 3. The molecule has 9 heteroatoms. The molecule has 0 aliphatic heterocycles. The monoisotopic (exact) mass is 539 g/mol. The maximum Gasteiger partial charge on any atom is 0.219 e. The molecule has 0 fully saturated rings. The third-order valence-electron chi connectivity index (χ3n) is 4.20. The molecule has 7 nitrogen and oxygen atoms in total. The second kappa shape index (κ2) is 11.1. The standard InChI is InChI=1S/C22H26FN5O2.HI/c1-22(2,3)18-13-26-20(30-18)14-28-21(24-4)27-12-15-8-9-19(25-11-15)29-17-7-5-6-16(23)10-17;/h5-11,13H,12,14H2,1-4H3,(H2,24,27,28);1H. The van der Waals surface area contributed by atoms with Gasteiger partial charge < -0.3 is 19.8 Å². The Morgan fingerprint density at radius 3 is 2.48 bits per heavy atom. The highest BCUT2D eigenvalue weighted by molar-refractivity contribution is 14.0. The zero-order valence-corrected chi connectivity index (χ0v) is 20.3. The van der Waals surface area contributed by atoms with Crippen molar-refractivity contribution in [3.05, 3.63) is 71.8 Å². The number of hydrogen-bond acceptors (Lipinski definition) is 5. The van der Waals surface area contributed by atoms with Gasteiger partial charge in [0.2, 0.25) is 11.8 Å². The highest BCUT2D eigenvalue weighted by atomic mass is 127. The lowest BCUT2D eigenvalue weighted by Gasteiger charge is -2.13. The molecule has 1 aromatic carbocycles. The molecular formula is C22H27FIN5O2. The minimum atomic E-state index is -0.355. The van der Waals surface area contributed by atoms with Crippen LogP contribution in [0.15, 0.2) is 58.2 Å². The molecule has 0 atom stereocenters. The van der Waals surface area contributed by atoms with Crippen LogP contribution in [0.1, 0.15) is 38.0 Å². The van der Waals surface area contributed by atoms with Crippen molar-refractivity contribution >= 4 is 29.9 Å². The van der Waals surface area contributed by atoms with Crippen LogP contribution in [-0.2, 0) is 18.5 Å². The summed E-state index contributed by atoms with van der Waals surface area (Å²) in [5, 5.41) is 6.38. The van der Waals surface area contributed by atoms with Gasteiger partial charge in [0, 0.05) is 37.3 Å². The average molecular weight is 539 g/mol. The first kappa shape index (κ1) is 24.6. The van der Waals surface area contributed by atoms with Gasteiger partial charge in [-0.2, -0.15) is 0 Å². The molecule has 0 spiro atoms. The number of pyridine rings is 1. The first-order valence-corrected chi connectivity index (χ1v) is 9.61. The normalized spacial score (nSPS) is 11.6. The number of nitrogens with one attached hydrogen (secondary N) is 2. The Kier molecular flexibility index (Phi) is 8.78. The summed E-state index contributed by atoms with van der Waals surface area (Å²) in [5.41, 5.74) is 0.860. The predicted octanol–water partition coefficient (Wildman–Crippen LogP) is 4.78. The molecule has 0 unspecified atom stereocenters. The van der Waals surface area contributed by atoms with Gasteiger partial charge >= 0.3 is 0 Å². The van der Waals surface area contributed by atoms with Gasteiger partial charge in [0.25, 0.3) is 0 Å². The summed E-state index contributed by atoms with van der Waals surface area (Å²) < 4.78 is 24.6. The number of hydrogen-bond donors (Lipinski definition) is 2. The lowest BCUT2D eigenvalue weighted by atomic mass is 9.94. The first-order valence-electron chi connectivity index (χ1n) is 9.61. The summed E-state index contributed by atoms with van der Waals surface area (Å²) in [6.45, 7) is 7.18. The van der Waals surface area contributed by atoms with Gasteiger partial charge in [0.15, 0.2) is 5.96 Å². The Morgan fingerprint density at radius 1 is 1.10 bits per heavy atom. The van der Waals surface area contributed by atoms with Gasteiger partial charge in [-0.15, -0.1) is 24.0 Å². The summed E-state index contributed by atoms with van der Waals surface area (Å²) in [5.74, 6) is 2.50. The van der Waals surface area contributed by atoms with E-state index in [0.29, 0.717) is 36.6 Å². The summed E-state index contributed by atoms with van der Waals surface area (Å²) >= 11 is 0. The van der Waals surface area contributed by atoms with Crippen molar-refractivity contribution in [3.63, 3.8) is 0 Å². The molecule has 166 valence electrons. The molecule has 0 bridgehead atoms. The van der Waals surface area contributed by atoms with Crippen molar-refractivity contribution < 1.29 is 13.5 Å². The third-order valence-corrected chi connectivity index (χ3v) is 4.20. The quantitative estimate of drug-likeness (QED) is 0.267. The van der Waals surface area contributed by atoms with Crippen LogP contribution in [0, 0.1) is 5.82 Å². The molecule has 3 aromatic rings. The van der Waals surface area contributed by atoms with Crippen LogP contribution in [0.2, 0.25) is 0 Å². The van der Waals surface area contributed by atoms with E-state index in [-0.39, 0.29) is 35.2 Å². The van der Waals surface area contributed by atoms with Crippen molar-refractivity contribution in [2.45, 2.75) is 39.3 Å². The summed E-state index contributed by atoms with van der Waals surface area (Å²) in [6.07, 6.45) is 3.45. The van der Waals surface area contributed by atoms with Crippen LogP contribution in [0.25, 0.3) is 0 Å². The van der Waals surface area contributed by atoms with Gasteiger partial charge in [-0.05, 0) is 17.7 Å². The van der Waals surface area contributed by atoms with Crippen LogP contribution in [-0.4, -0.2) is 23.0 Å². The fourth-order valence-corrected chi connectivity index (χ4v) is 2.53. The smallest absolute Gasteiger partial charge is 0.219 e. The number of benzene rings is 1. The minimum Gasteiger partial charge on any atom is -0.443 e. The fourth-order valence-electron chi connectivity index (χ4n) is 2.53. The largest absolute Gasteiger partial charge is 0.443 e. The number of aromatic nitrogens is 2. The van der Waals surface area contributed by atoms with Crippen molar-refractivity contribution in [2.24, 2.45) is 4.99 Å². The maximum absolute atomic E-state index is 13.2. The molecule has 0 saturated heterocycles. The minimum absolute atomic E-state index is 0. The number of halogens is 2. The molecule has 3 rings (SSSR count). The van der Waals surface area contributed by atoms with E-state index in [1.807, 2.05) is 6.07 Å². The molecule has 0 aliphatic rings. The summed E-state index contributed by atoms with van der Waals surface area (Å²) in [4.78, 5) is 12.8. The summed E-state index contributed by atoms with van der Waals surface area (Å²) in [6, 6.07) is 9.55. The highest BCUT2D eigenvalue weighted by Gasteiger charge is 2.19. The molecule has 2 aromatic heterocycles. The first-order chi connectivity index (χ1) is 14.3. The van der Waals surface area contributed by atoms with E-state index in [2.05, 4.69) is 46.4 Å². The molecule has 0 amide bonds. The van der Waals surface area contributed by atoms with Crippen LogP contribution in [0.3, 0.4) is 0 Å². The Bertz CT molecular complexity index is 1000. The molecule has 0 radical (unpaired) electrons. The van der Waals surface area contributed by atoms with Crippen LogP contribution < -0.4 is 15.4 Å². The van der Waals surface area contributed by atoms with E-state index in [9.17, 15) is 4.39 Å². The highest BCUT2D eigenvalue weighted by Crippen LogP contribution is 2.22. The van der Waals surface area contributed by atoms with Crippen LogP contribution in [0.5, 0.6) is 11.6 Å². The Labute approximate surface area is 198 Å². The molecule has 0 aliphatic carbocycles. The lowest BCUT2D eigenvalue weighted by molar-refractivity contribution is 0.379. The Hall–Kier alpha value is -2.69. The van der Waals surface area contributed by atoms with E-state index >= 15 is 0 Å². The molecule has 31 heavy (non-hydrogen) atoms. The zero-order valence-electron chi connectivity index (χ0n) is 18.0. The van der Waals surface area contributed by atoms with Crippen molar-refractivity contribution in [1.29, 1.82) is 0 Å². The third kappa shape index (κ3) is 7.50. The maximum atomic E-state index is 13.2.